The average Bonchev–Trinajstić information content (AvgIpc) is 3.01. The van der Waals surface area contributed by atoms with Crippen LogP contribution in [0, 0.1) is 18.3 Å². The SMILES string of the molecule is Cc1c(C=Nc2ccc(S(N)(=O)=O)cc2)c(O)n([C@H]2CCS(=O)(=O)C2)c(=O)c1C#N. The first kappa shape index (κ1) is 21.7. The highest BCUT2D eigenvalue weighted by atomic mass is 32.2. The minimum absolute atomic E-state index is 0.0889. The molecule has 3 rings (SSSR count). The summed E-state index contributed by atoms with van der Waals surface area (Å²) in [6.07, 6.45) is 1.38. The molecule has 0 bridgehead atoms. The molecule has 1 aliphatic heterocycles. The van der Waals surface area contributed by atoms with Crippen LogP contribution in [0.15, 0.2) is 38.9 Å². The summed E-state index contributed by atoms with van der Waals surface area (Å²) in [6.45, 7) is 1.47. The second-order valence-electron chi connectivity index (χ2n) is 6.88. The number of sulfone groups is 1. The first-order chi connectivity index (χ1) is 13.9. The largest absolute Gasteiger partial charge is 0.494 e. The normalized spacial score (nSPS) is 18.5. The minimum Gasteiger partial charge on any atom is -0.494 e. The molecule has 30 heavy (non-hydrogen) atoms. The van der Waals surface area contributed by atoms with Crippen LogP contribution >= 0.6 is 0 Å². The molecule has 0 unspecified atom stereocenters. The van der Waals surface area contributed by atoms with E-state index in [2.05, 4.69) is 4.99 Å². The topological polar surface area (TPSA) is 173 Å². The molecule has 10 nitrogen and oxygen atoms in total. The number of aromatic nitrogens is 1. The predicted molar refractivity (Wildman–Crippen MR) is 109 cm³/mol. The maximum atomic E-state index is 12.7. The Morgan fingerprint density at radius 2 is 1.97 bits per heavy atom. The molecule has 2 heterocycles. The Labute approximate surface area is 172 Å². The molecule has 0 saturated carbocycles. The number of nitrogens with zero attached hydrogens (tertiary/aromatic N) is 3. The lowest BCUT2D eigenvalue weighted by Gasteiger charge is -2.18. The molecular formula is C18H18N4O6S2. The number of rotatable bonds is 4. The van der Waals surface area contributed by atoms with Crippen LogP contribution in [0.1, 0.15) is 29.2 Å². The van der Waals surface area contributed by atoms with Crippen molar-refractivity contribution in [2.45, 2.75) is 24.3 Å². The van der Waals surface area contributed by atoms with Gasteiger partial charge < -0.3 is 5.11 Å². The lowest BCUT2D eigenvalue weighted by molar-refractivity contribution is 0.379. The summed E-state index contributed by atoms with van der Waals surface area (Å²) in [4.78, 5) is 16.7. The van der Waals surface area contributed by atoms with Gasteiger partial charge in [0.15, 0.2) is 9.84 Å². The van der Waals surface area contributed by atoms with E-state index in [1.807, 2.05) is 0 Å². The van der Waals surface area contributed by atoms with Crippen molar-refractivity contribution >= 4 is 31.8 Å². The molecule has 1 aliphatic rings. The fourth-order valence-corrected chi connectivity index (χ4v) is 5.49. The van der Waals surface area contributed by atoms with Crippen LogP contribution in [0.4, 0.5) is 5.69 Å². The van der Waals surface area contributed by atoms with Gasteiger partial charge in [0, 0.05) is 6.21 Å². The van der Waals surface area contributed by atoms with E-state index < -0.39 is 37.3 Å². The van der Waals surface area contributed by atoms with Crippen molar-refractivity contribution in [2.24, 2.45) is 10.1 Å². The highest BCUT2D eigenvalue weighted by molar-refractivity contribution is 7.91. The lowest BCUT2D eigenvalue weighted by atomic mass is 10.0. The molecule has 0 spiro atoms. The summed E-state index contributed by atoms with van der Waals surface area (Å²) in [7, 11) is -7.19. The number of pyridine rings is 1. The molecule has 0 amide bonds. The Morgan fingerprint density at radius 1 is 1.33 bits per heavy atom. The van der Waals surface area contributed by atoms with Gasteiger partial charge >= 0.3 is 0 Å². The molecule has 1 fully saturated rings. The maximum Gasteiger partial charge on any atom is 0.271 e. The summed E-state index contributed by atoms with van der Waals surface area (Å²) in [5.41, 5.74) is -0.360. The van der Waals surface area contributed by atoms with E-state index in [-0.39, 0.29) is 39.5 Å². The molecule has 12 heteroatoms. The molecule has 2 aromatic rings. The van der Waals surface area contributed by atoms with E-state index in [1.165, 1.54) is 37.4 Å². The average molecular weight is 450 g/mol. The van der Waals surface area contributed by atoms with E-state index in [1.54, 1.807) is 6.07 Å². The molecule has 0 radical (unpaired) electrons. The Morgan fingerprint density at radius 3 is 2.47 bits per heavy atom. The zero-order valence-electron chi connectivity index (χ0n) is 15.8. The van der Waals surface area contributed by atoms with Gasteiger partial charge in [0.05, 0.1) is 33.7 Å². The van der Waals surface area contributed by atoms with Gasteiger partial charge in [-0.3, -0.25) is 14.4 Å². The van der Waals surface area contributed by atoms with Crippen molar-refractivity contribution < 1.29 is 21.9 Å². The highest BCUT2D eigenvalue weighted by Crippen LogP contribution is 2.30. The number of nitrogens with two attached hydrogens (primary N) is 1. The molecule has 1 atom stereocenters. The number of nitriles is 1. The Bertz CT molecular complexity index is 1350. The lowest BCUT2D eigenvalue weighted by Crippen LogP contribution is -2.29. The molecule has 1 saturated heterocycles. The summed E-state index contributed by atoms with van der Waals surface area (Å²) in [5.74, 6) is -0.900. The van der Waals surface area contributed by atoms with Gasteiger partial charge in [0.2, 0.25) is 15.9 Å². The first-order valence-electron chi connectivity index (χ1n) is 8.70. The third kappa shape index (κ3) is 4.13. The summed E-state index contributed by atoms with van der Waals surface area (Å²) >= 11 is 0. The monoisotopic (exact) mass is 450 g/mol. The van der Waals surface area contributed by atoms with Crippen LogP contribution in [0.3, 0.4) is 0 Å². The Kier molecular flexibility index (Phi) is 5.55. The van der Waals surface area contributed by atoms with E-state index in [0.29, 0.717) is 5.69 Å². The zero-order chi connectivity index (χ0) is 22.3. The van der Waals surface area contributed by atoms with Crippen molar-refractivity contribution in [2.75, 3.05) is 11.5 Å². The van der Waals surface area contributed by atoms with Crippen LogP contribution in [0.25, 0.3) is 0 Å². The number of primary sulfonamides is 1. The smallest absolute Gasteiger partial charge is 0.271 e. The number of aromatic hydroxyl groups is 1. The van der Waals surface area contributed by atoms with E-state index >= 15 is 0 Å². The van der Waals surface area contributed by atoms with E-state index in [0.717, 1.165) is 4.57 Å². The van der Waals surface area contributed by atoms with Crippen molar-refractivity contribution in [3.8, 4) is 11.9 Å². The van der Waals surface area contributed by atoms with Gasteiger partial charge in [0.1, 0.15) is 11.6 Å². The molecule has 0 aliphatic carbocycles. The van der Waals surface area contributed by atoms with Crippen LogP contribution in [-0.2, 0) is 19.9 Å². The second-order valence-corrected chi connectivity index (χ2v) is 10.7. The number of hydrogen-bond acceptors (Lipinski definition) is 8. The van der Waals surface area contributed by atoms with Gasteiger partial charge in [0.25, 0.3) is 5.56 Å². The molecule has 3 N–H and O–H groups in total. The van der Waals surface area contributed by atoms with Crippen molar-refractivity contribution in [1.82, 2.24) is 4.57 Å². The maximum absolute atomic E-state index is 12.7. The predicted octanol–water partition coefficient (Wildman–Crippen LogP) is 0.492. The van der Waals surface area contributed by atoms with Crippen LogP contribution < -0.4 is 10.7 Å². The number of benzene rings is 1. The van der Waals surface area contributed by atoms with Crippen LogP contribution in [0.2, 0.25) is 0 Å². The first-order valence-corrected chi connectivity index (χ1v) is 12.1. The van der Waals surface area contributed by atoms with Gasteiger partial charge in [-0.25, -0.2) is 22.0 Å². The number of hydrogen-bond donors (Lipinski definition) is 2. The molecule has 1 aromatic carbocycles. The quantitative estimate of drug-likeness (QED) is 0.638. The number of sulfonamides is 1. The van der Waals surface area contributed by atoms with Crippen LogP contribution in [0.5, 0.6) is 5.88 Å². The third-order valence-corrected chi connectivity index (χ3v) is 7.55. The fourth-order valence-electron chi connectivity index (χ4n) is 3.27. The summed E-state index contributed by atoms with van der Waals surface area (Å²) < 4.78 is 47.2. The van der Waals surface area contributed by atoms with Gasteiger partial charge in [-0.15, -0.1) is 0 Å². The van der Waals surface area contributed by atoms with Gasteiger partial charge in [-0.05, 0) is 43.2 Å². The summed E-state index contributed by atoms with van der Waals surface area (Å²) in [6, 6.07) is 6.34. The van der Waals surface area contributed by atoms with E-state index in [9.17, 15) is 32.0 Å². The Hall–Kier alpha value is -3.01. The number of aliphatic imine (C=N–C) groups is 1. The molecule has 1 aromatic heterocycles. The van der Waals surface area contributed by atoms with Gasteiger partial charge in [-0.2, -0.15) is 5.26 Å². The molecular weight excluding hydrogens is 432 g/mol. The fraction of sp³-hybridized carbons (Fsp3) is 0.278. The standard InChI is InChI=1S/C18H18N4O6S2/c1-11-15(8-19)17(23)22(13-6-7-29(25,26)10-13)18(24)16(11)9-21-12-2-4-14(5-3-12)30(20,27)28/h2-5,9,13,24H,6-7,10H2,1H3,(H2,20,27,28)/t13-/m0/s1. The van der Waals surface area contributed by atoms with Crippen molar-refractivity contribution in [3.05, 3.63) is 51.3 Å². The second kappa shape index (κ2) is 7.67. The van der Waals surface area contributed by atoms with E-state index in [4.69, 9.17) is 5.14 Å². The third-order valence-electron chi connectivity index (χ3n) is 4.87. The zero-order valence-corrected chi connectivity index (χ0v) is 17.4. The van der Waals surface area contributed by atoms with Crippen molar-refractivity contribution in [3.63, 3.8) is 0 Å². The van der Waals surface area contributed by atoms with Crippen LogP contribution in [-0.4, -0.2) is 44.2 Å². The Balaban J connectivity index is 2.09. The van der Waals surface area contributed by atoms with Crippen molar-refractivity contribution in [1.29, 1.82) is 5.26 Å². The molecule has 158 valence electrons. The highest BCUT2D eigenvalue weighted by Gasteiger charge is 2.33. The minimum atomic E-state index is -3.85. The summed E-state index contributed by atoms with van der Waals surface area (Å²) in [5, 5.41) is 25.1. The van der Waals surface area contributed by atoms with Gasteiger partial charge in [-0.1, -0.05) is 0 Å².